The number of likely N-dealkylation sites (N-methyl/N-ethyl adjacent to an activating group) is 1. The molecule has 1 saturated carbocycles. The van der Waals surface area contributed by atoms with Crippen molar-refractivity contribution in [2.45, 2.75) is 38.8 Å². The summed E-state index contributed by atoms with van der Waals surface area (Å²) in [6.45, 7) is 4.64. The second-order valence-electron chi connectivity index (χ2n) is 9.83. The molecule has 6 rings (SSSR count). The first-order chi connectivity index (χ1) is 16.0. The molecule has 33 heavy (non-hydrogen) atoms. The molecule has 6 heteroatoms. The maximum atomic E-state index is 13.2. The lowest BCUT2D eigenvalue weighted by atomic mass is 9.97. The standard InChI is InChI=1S/C27H31N5O/c1-17(28-2)15-31-11-10-19-12-24-22(14-21(19)27(31)33)29-26(30(24)3)25-13-20-6-4-5-7-23(20)32(25)16-18-8-9-18/h4-7,12-14,17-18,28H,8-11,15-16H2,1-3H3/t17-/m1/s1. The number of carbonyl (C=O) groups excluding carboxylic acids is 1. The molecule has 4 aromatic rings. The van der Waals surface area contributed by atoms with Gasteiger partial charge in [-0.3, -0.25) is 4.79 Å². The lowest BCUT2D eigenvalue weighted by molar-refractivity contribution is 0.0727. The minimum Gasteiger partial charge on any atom is -0.338 e. The number of nitrogens with zero attached hydrogens (tertiary/aromatic N) is 4. The minimum atomic E-state index is 0.121. The zero-order chi connectivity index (χ0) is 22.7. The zero-order valence-electron chi connectivity index (χ0n) is 19.6. The molecule has 1 fully saturated rings. The summed E-state index contributed by atoms with van der Waals surface area (Å²) in [5.74, 6) is 1.86. The third kappa shape index (κ3) is 3.44. The summed E-state index contributed by atoms with van der Waals surface area (Å²) < 4.78 is 4.65. The van der Waals surface area contributed by atoms with Crippen molar-refractivity contribution >= 4 is 27.8 Å². The van der Waals surface area contributed by atoms with E-state index in [1.807, 2.05) is 18.0 Å². The molecule has 3 heterocycles. The molecule has 1 amide bonds. The Labute approximate surface area is 194 Å². The van der Waals surface area contributed by atoms with Crippen LogP contribution in [0.15, 0.2) is 42.5 Å². The van der Waals surface area contributed by atoms with E-state index < -0.39 is 0 Å². The molecule has 2 aromatic heterocycles. The van der Waals surface area contributed by atoms with Gasteiger partial charge >= 0.3 is 0 Å². The average molecular weight is 442 g/mol. The quantitative estimate of drug-likeness (QED) is 0.488. The van der Waals surface area contributed by atoms with Crippen molar-refractivity contribution in [1.82, 2.24) is 24.3 Å². The Morgan fingerprint density at radius 1 is 1.15 bits per heavy atom. The third-order valence-corrected chi connectivity index (χ3v) is 7.44. The SMILES string of the molecule is CN[C@H](C)CN1CCc2cc3c(cc2C1=O)nc(-c1cc2ccccc2n1CC1CC1)n3C. The van der Waals surface area contributed by atoms with Gasteiger partial charge in [-0.25, -0.2) is 4.98 Å². The Bertz CT molecular complexity index is 1380. The van der Waals surface area contributed by atoms with Crippen LogP contribution in [0.2, 0.25) is 0 Å². The first-order valence-corrected chi connectivity index (χ1v) is 12.1. The van der Waals surface area contributed by atoms with Gasteiger partial charge in [0.25, 0.3) is 5.91 Å². The Hall–Kier alpha value is -3.12. The number of benzene rings is 2. The van der Waals surface area contributed by atoms with Gasteiger partial charge in [-0.2, -0.15) is 0 Å². The number of hydrogen-bond donors (Lipinski definition) is 1. The Balaban J connectivity index is 1.45. The molecule has 1 aliphatic heterocycles. The molecule has 6 nitrogen and oxygen atoms in total. The predicted molar refractivity (Wildman–Crippen MR) is 132 cm³/mol. The van der Waals surface area contributed by atoms with E-state index in [9.17, 15) is 4.79 Å². The summed E-state index contributed by atoms with van der Waals surface area (Å²) >= 11 is 0. The van der Waals surface area contributed by atoms with E-state index in [1.54, 1.807) is 0 Å². The highest BCUT2D eigenvalue weighted by molar-refractivity contribution is 6.00. The topological polar surface area (TPSA) is 55.1 Å². The van der Waals surface area contributed by atoms with E-state index in [1.165, 1.54) is 23.7 Å². The van der Waals surface area contributed by atoms with Crippen molar-refractivity contribution in [2.75, 3.05) is 20.1 Å². The highest BCUT2D eigenvalue weighted by atomic mass is 16.2. The normalized spacial score (nSPS) is 17.2. The van der Waals surface area contributed by atoms with E-state index >= 15 is 0 Å². The van der Waals surface area contributed by atoms with E-state index in [4.69, 9.17) is 4.98 Å². The summed E-state index contributed by atoms with van der Waals surface area (Å²) in [6.07, 6.45) is 3.51. The van der Waals surface area contributed by atoms with Gasteiger partial charge in [-0.05, 0) is 69.0 Å². The minimum absolute atomic E-state index is 0.121. The van der Waals surface area contributed by atoms with E-state index in [0.717, 1.165) is 65.7 Å². The van der Waals surface area contributed by atoms with Crippen molar-refractivity contribution in [3.8, 4) is 11.5 Å². The fourth-order valence-electron chi connectivity index (χ4n) is 5.19. The van der Waals surface area contributed by atoms with Crippen LogP contribution in [0.3, 0.4) is 0 Å². The number of aryl methyl sites for hydroxylation is 1. The predicted octanol–water partition coefficient (Wildman–Crippen LogP) is 4.21. The average Bonchev–Trinajstić information content (AvgIpc) is 3.50. The zero-order valence-corrected chi connectivity index (χ0v) is 19.6. The Morgan fingerprint density at radius 2 is 1.97 bits per heavy atom. The number of imidazole rings is 1. The number of para-hydroxylation sites is 1. The molecule has 0 radical (unpaired) electrons. The molecule has 1 aliphatic carbocycles. The molecule has 170 valence electrons. The van der Waals surface area contributed by atoms with Crippen LogP contribution in [-0.4, -0.2) is 51.1 Å². The lowest BCUT2D eigenvalue weighted by Gasteiger charge is -2.30. The maximum Gasteiger partial charge on any atom is 0.254 e. The molecule has 1 N–H and O–H groups in total. The number of amides is 1. The highest BCUT2D eigenvalue weighted by Crippen LogP contribution is 2.37. The van der Waals surface area contributed by atoms with Crippen LogP contribution in [0.5, 0.6) is 0 Å². The summed E-state index contributed by atoms with van der Waals surface area (Å²) in [7, 11) is 4.04. The van der Waals surface area contributed by atoms with E-state index in [2.05, 4.69) is 64.8 Å². The van der Waals surface area contributed by atoms with Crippen molar-refractivity contribution < 1.29 is 4.79 Å². The van der Waals surface area contributed by atoms with Crippen LogP contribution in [0, 0.1) is 5.92 Å². The summed E-state index contributed by atoms with van der Waals surface area (Å²) in [5.41, 5.74) is 6.36. The van der Waals surface area contributed by atoms with Crippen molar-refractivity contribution in [1.29, 1.82) is 0 Å². The summed E-state index contributed by atoms with van der Waals surface area (Å²) in [4.78, 5) is 20.3. The van der Waals surface area contributed by atoms with Gasteiger partial charge in [0.1, 0.15) is 0 Å². The second-order valence-corrected chi connectivity index (χ2v) is 9.83. The summed E-state index contributed by atoms with van der Waals surface area (Å²) in [6, 6.07) is 15.4. The van der Waals surface area contributed by atoms with Crippen molar-refractivity contribution in [3.05, 3.63) is 53.6 Å². The molecule has 0 spiro atoms. The first-order valence-electron chi connectivity index (χ1n) is 12.1. The number of hydrogen-bond acceptors (Lipinski definition) is 3. The molecular formula is C27H31N5O. The van der Waals surface area contributed by atoms with Crippen molar-refractivity contribution in [3.63, 3.8) is 0 Å². The fraction of sp³-hybridized carbons (Fsp3) is 0.407. The largest absolute Gasteiger partial charge is 0.338 e. The van der Waals surface area contributed by atoms with Gasteiger partial charge in [0.15, 0.2) is 5.82 Å². The molecule has 2 aliphatic rings. The molecule has 1 atom stereocenters. The Morgan fingerprint density at radius 3 is 2.76 bits per heavy atom. The molecule has 0 saturated heterocycles. The number of aromatic nitrogens is 3. The monoisotopic (exact) mass is 441 g/mol. The van der Waals surface area contributed by atoms with E-state index in [0.29, 0.717) is 0 Å². The van der Waals surface area contributed by atoms with Crippen LogP contribution < -0.4 is 5.32 Å². The molecular weight excluding hydrogens is 410 g/mol. The number of nitrogens with one attached hydrogen (secondary N) is 1. The van der Waals surface area contributed by atoms with Crippen LogP contribution in [0.4, 0.5) is 0 Å². The second kappa shape index (κ2) is 7.73. The van der Waals surface area contributed by atoms with E-state index in [-0.39, 0.29) is 11.9 Å². The molecule has 0 unspecified atom stereocenters. The van der Waals surface area contributed by atoms with Crippen LogP contribution in [0.1, 0.15) is 35.7 Å². The highest BCUT2D eigenvalue weighted by Gasteiger charge is 2.28. The lowest BCUT2D eigenvalue weighted by Crippen LogP contribution is -2.44. The van der Waals surface area contributed by atoms with Gasteiger partial charge in [0, 0.05) is 49.2 Å². The Kier molecular flexibility index (Phi) is 4.80. The van der Waals surface area contributed by atoms with Crippen LogP contribution in [0.25, 0.3) is 33.5 Å². The van der Waals surface area contributed by atoms with Gasteiger partial charge in [-0.15, -0.1) is 0 Å². The van der Waals surface area contributed by atoms with Crippen molar-refractivity contribution in [2.24, 2.45) is 13.0 Å². The number of rotatable bonds is 6. The first kappa shape index (κ1) is 20.5. The molecule has 2 aromatic carbocycles. The van der Waals surface area contributed by atoms with Gasteiger partial charge in [0.05, 0.1) is 16.7 Å². The van der Waals surface area contributed by atoms with Crippen LogP contribution in [-0.2, 0) is 20.0 Å². The smallest absolute Gasteiger partial charge is 0.254 e. The summed E-state index contributed by atoms with van der Waals surface area (Å²) in [5, 5.41) is 4.49. The number of carbonyl (C=O) groups is 1. The number of fused-ring (bicyclic) bond motifs is 3. The van der Waals surface area contributed by atoms with Gasteiger partial charge < -0.3 is 19.4 Å². The molecule has 0 bridgehead atoms. The third-order valence-electron chi connectivity index (χ3n) is 7.44. The maximum absolute atomic E-state index is 13.2. The fourth-order valence-corrected chi connectivity index (χ4v) is 5.19. The van der Waals surface area contributed by atoms with Gasteiger partial charge in [-0.1, -0.05) is 18.2 Å². The van der Waals surface area contributed by atoms with Gasteiger partial charge in [0.2, 0.25) is 0 Å². The van der Waals surface area contributed by atoms with Crippen LogP contribution >= 0.6 is 0 Å².